The van der Waals surface area contributed by atoms with Crippen molar-refractivity contribution in [2.24, 2.45) is 0 Å². The number of hydrogen-bond donors (Lipinski definition) is 2. The highest BCUT2D eigenvalue weighted by Crippen LogP contribution is 2.17. The van der Waals surface area contributed by atoms with Crippen LogP contribution in [-0.4, -0.2) is 28.8 Å². The Morgan fingerprint density at radius 1 is 1.50 bits per heavy atom. The maximum Gasteiger partial charge on any atom is 0.315 e. The second-order valence-corrected chi connectivity index (χ2v) is 3.98. The van der Waals surface area contributed by atoms with Crippen LogP contribution >= 0.6 is 0 Å². The number of rotatable bonds is 4. The molecule has 1 heterocycles. The van der Waals surface area contributed by atoms with Gasteiger partial charge in [0.15, 0.2) is 5.82 Å². The van der Waals surface area contributed by atoms with Crippen LogP contribution in [-0.2, 0) is 6.42 Å². The fraction of sp³-hybridized carbons (Fsp3) is 0.700. The molecule has 2 rings (SSSR count). The molecule has 0 radical (unpaired) electrons. The molecule has 88 valence electrons. The molecule has 0 atom stereocenters. The van der Waals surface area contributed by atoms with E-state index < -0.39 is 0 Å². The first-order valence-corrected chi connectivity index (χ1v) is 5.64. The third kappa shape index (κ3) is 3.22. The first kappa shape index (κ1) is 10.9. The van der Waals surface area contributed by atoms with Crippen molar-refractivity contribution in [3.63, 3.8) is 0 Å². The van der Waals surface area contributed by atoms with Gasteiger partial charge in [-0.2, -0.15) is 4.98 Å². The normalized spacial score (nSPS) is 16.2. The zero-order chi connectivity index (χ0) is 11.2. The van der Waals surface area contributed by atoms with Crippen molar-refractivity contribution in [3.8, 4) is 0 Å². The summed E-state index contributed by atoms with van der Waals surface area (Å²) in [7, 11) is 0. The number of carbonyl (C=O) groups excluding carboxylic acids is 1. The van der Waals surface area contributed by atoms with Crippen LogP contribution in [0.4, 0.5) is 4.79 Å². The van der Waals surface area contributed by atoms with Crippen molar-refractivity contribution in [2.45, 2.75) is 38.1 Å². The first-order valence-electron chi connectivity index (χ1n) is 5.64. The summed E-state index contributed by atoms with van der Waals surface area (Å²) in [5.41, 5.74) is 0. The van der Waals surface area contributed by atoms with Crippen LogP contribution in [0.1, 0.15) is 31.5 Å². The Bertz CT molecular complexity index is 320. The number of nitrogens with one attached hydrogen (secondary N) is 2. The lowest BCUT2D eigenvalue weighted by Crippen LogP contribution is -2.41. The van der Waals surface area contributed by atoms with Crippen LogP contribution in [0, 0.1) is 0 Å². The van der Waals surface area contributed by atoms with E-state index in [0.717, 1.165) is 12.8 Å². The van der Waals surface area contributed by atoms with Gasteiger partial charge in [-0.15, -0.1) is 0 Å². The van der Waals surface area contributed by atoms with E-state index in [4.69, 9.17) is 0 Å². The highest BCUT2D eigenvalue weighted by Gasteiger charge is 2.16. The minimum Gasteiger partial charge on any atom is -0.343 e. The molecule has 1 fully saturated rings. The summed E-state index contributed by atoms with van der Waals surface area (Å²) >= 11 is 0. The maximum absolute atomic E-state index is 11.4. The van der Waals surface area contributed by atoms with Crippen molar-refractivity contribution < 1.29 is 9.32 Å². The maximum atomic E-state index is 11.4. The highest BCUT2D eigenvalue weighted by atomic mass is 16.5. The predicted molar refractivity (Wildman–Crippen MR) is 56.8 cm³/mol. The van der Waals surface area contributed by atoms with Crippen molar-refractivity contribution >= 4 is 6.03 Å². The second-order valence-electron chi connectivity index (χ2n) is 3.98. The van der Waals surface area contributed by atoms with Gasteiger partial charge in [-0.1, -0.05) is 18.0 Å². The third-order valence-corrected chi connectivity index (χ3v) is 2.73. The molecule has 16 heavy (non-hydrogen) atoms. The van der Waals surface area contributed by atoms with Gasteiger partial charge >= 0.3 is 6.03 Å². The molecule has 2 amide bonds. The first-order chi connectivity index (χ1) is 7.84. The molecule has 1 saturated carbocycles. The molecule has 0 unspecified atom stereocenters. The van der Waals surface area contributed by atoms with Crippen molar-refractivity contribution in [3.05, 3.63) is 12.2 Å². The van der Waals surface area contributed by atoms with Crippen molar-refractivity contribution in [2.75, 3.05) is 6.54 Å². The Kier molecular flexibility index (Phi) is 3.74. The highest BCUT2D eigenvalue weighted by molar-refractivity contribution is 5.74. The number of hydrogen-bond acceptors (Lipinski definition) is 4. The molecule has 2 N–H and O–H groups in total. The Morgan fingerprint density at radius 2 is 2.31 bits per heavy atom. The van der Waals surface area contributed by atoms with Gasteiger partial charge in [-0.05, 0) is 12.8 Å². The van der Waals surface area contributed by atoms with E-state index >= 15 is 0 Å². The van der Waals surface area contributed by atoms with Gasteiger partial charge in [0.2, 0.25) is 6.39 Å². The van der Waals surface area contributed by atoms with Gasteiger partial charge in [-0.3, -0.25) is 0 Å². The lowest BCUT2D eigenvalue weighted by molar-refractivity contribution is 0.237. The summed E-state index contributed by atoms with van der Waals surface area (Å²) in [6.07, 6.45) is 6.50. The van der Waals surface area contributed by atoms with E-state index in [9.17, 15) is 4.79 Å². The zero-order valence-corrected chi connectivity index (χ0v) is 9.11. The Labute approximate surface area is 93.8 Å². The van der Waals surface area contributed by atoms with Gasteiger partial charge in [0.25, 0.3) is 0 Å². The fourth-order valence-corrected chi connectivity index (χ4v) is 1.90. The molecule has 0 aromatic carbocycles. The SMILES string of the molecule is O=C(NCCc1ncon1)NC1CCCC1. The van der Waals surface area contributed by atoms with Crippen LogP contribution in [0.5, 0.6) is 0 Å². The number of aromatic nitrogens is 2. The van der Waals surface area contributed by atoms with Gasteiger partial charge < -0.3 is 15.2 Å². The van der Waals surface area contributed by atoms with Crippen molar-refractivity contribution in [1.82, 2.24) is 20.8 Å². The average molecular weight is 224 g/mol. The Balaban J connectivity index is 1.60. The summed E-state index contributed by atoms with van der Waals surface area (Å²) in [6.45, 7) is 0.526. The largest absolute Gasteiger partial charge is 0.343 e. The van der Waals surface area contributed by atoms with Gasteiger partial charge in [0, 0.05) is 19.0 Å². The van der Waals surface area contributed by atoms with E-state index in [1.165, 1.54) is 19.2 Å². The Morgan fingerprint density at radius 3 is 3.00 bits per heavy atom. The van der Waals surface area contributed by atoms with E-state index in [1.807, 2.05) is 0 Å². The molecular formula is C10H16N4O2. The number of urea groups is 1. The summed E-state index contributed by atoms with van der Waals surface area (Å²) in [5, 5.41) is 9.38. The molecule has 1 aromatic heterocycles. The van der Waals surface area contributed by atoms with E-state index in [2.05, 4.69) is 25.3 Å². The van der Waals surface area contributed by atoms with E-state index in [0.29, 0.717) is 24.8 Å². The number of nitrogens with zero attached hydrogens (tertiary/aromatic N) is 2. The summed E-state index contributed by atoms with van der Waals surface area (Å²) in [4.78, 5) is 15.3. The molecule has 1 aromatic rings. The minimum atomic E-state index is -0.101. The smallest absolute Gasteiger partial charge is 0.315 e. The lowest BCUT2D eigenvalue weighted by Gasteiger charge is -2.12. The van der Waals surface area contributed by atoms with Crippen LogP contribution in [0.2, 0.25) is 0 Å². The standard InChI is InChI=1S/C10H16N4O2/c15-10(13-8-3-1-2-4-8)11-6-5-9-12-7-16-14-9/h7-8H,1-6H2,(H2,11,13,15). The van der Waals surface area contributed by atoms with Gasteiger partial charge in [0.05, 0.1) is 0 Å². The molecular weight excluding hydrogens is 208 g/mol. The molecule has 1 aliphatic carbocycles. The third-order valence-electron chi connectivity index (χ3n) is 2.73. The monoisotopic (exact) mass is 224 g/mol. The quantitative estimate of drug-likeness (QED) is 0.794. The van der Waals surface area contributed by atoms with Gasteiger partial charge in [0.1, 0.15) is 0 Å². The van der Waals surface area contributed by atoms with Crippen LogP contribution in [0.25, 0.3) is 0 Å². The molecule has 1 aliphatic rings. The van der Waals surface area contributed by atoms with Crippen LogP contribution < -0.4 is 10.6 Å². The fourth-order valence-electron chi connectivity index (χ4n) is 1.90. The van der Waals surface area contributed by atoms with E-state index in [-0.39, 0.29) is 6.03 Å². The summed E-state index contributed by atoms with van der Waals surface area (Å²) in [5.74, 6) is 0.612. The molecule has 0 spiro atoms. The second kappa shape index (κ2) is 5.48. The topological polar surface area (TPSA) is 80.1 Å². The predicted octanol–water partition coefficient (Wildman–Crippen LogP) is 0.854. The summed E-state index contributed by atoms with van der Waals surface area (Å²) in [6, 6.07) is 0.251. The van der Waals surface area contributed by atoms with Crippen LogP contribution in [0.15, 0.2) is 10.9 Å². The average Bonchev–Trinajstić information content (AvgIpc) is 2.90. The lowest BCUT2D eigenvalue weighted by atomic mass is 10.2. The van der Waals surface area contributed by atoms with Crippen molar-refractivity contribution in [1.29, 1.82) is 0 Å². The molecule has 6 nitrogen and oxygen atoms in total. The van der Waals surface area contributed by atoms with E-state index in [1.54, 1.807) is 0 Å². The molecule has 0 aliphatic heterocycles. The zero-order valence-electron chi connectivity index (χ0n) is 9.11. The molecule has 0 bridgehead atoms. The minimum absolute atomic E-state index is 0.101. The van der Waals surface area contributed by atoms with Gasteiger partial charge in [-0.25, -0.2) is 4.79 Å². The summed E-state index contributed by atoms with van der Waals surface area (Å²) < 4.78 is 4.59. The van der Waals surface area contributed by atoms with Crippen LogP contribution in [0.3, 0.4) is 0 Å². The Hall–Kier alpha value is -1.59. The molecule has 6 heteroatoms. The number of carbonyl (C=O) groups is 1. The molecule has 0 saturated heterocycles. The number of amides is 2.